The molecule has 2 aromatic carbocycles. The molecule has 6 heteroatoms. The second-order valence-corrected chi connectivity index (χ2v) is 6.29. The molecule has 2 aromatic rings. The van der Waals surface area contributed by atoms with Gasteiger partial charge in [0.1, 0.15) is 12.4 Å². The maximum atomic E-state index is 5.71. The number of aliphatic imine (C=N–C) groups is 1. The first kappa shape index (κ1) is 23.2. The first-order valence-electron chi connectivity index (χ1n) is 9.10. The van der Waals surface area contributed by atoms with Crippen molar-refractivity contribution in [1.82, 2.24) is 15.5 Å². The zero-order valence-corrected chi connectivity index (χ0v) is 18.8. The van der Waals surface area contributed by atoms with Crippen LogP contribution in [-0.2, 0) is 13.1 Å². The fourth-order valence-electron chi connectivity index (χ4n) is 2.57. The predicted octanol–water partition coefficient (Wildman–Crippen LogP) is 3.50. The topological polar surface area (TPSA) is 48.9 Å². The normalized spacial score (nSPS) is 11.0. The Balaban J connectivity index is 0.00000364. The number of para-hydroxylation sites is 1. The summed E-state index contributed by atoms with van der Waals surface area (Å²) in [6.07, 6.45) is 0. The van der Waals surface area contributed by atoms with Crippen LogP contribution in [0.1, 0.15) is 18.1 Å². The Kier molecular flexibility index (Phi) is 11.5. The molecule has 0 saturated carbocycles. The van der Waals surface area contributed by atoms with Crippen molar-refractivity contribution in [3.63, 3.8) is 0 Å². The number of nitrogens with one attached hydrogen (secondary N) is 2. The van der Waals surface area contributed by atoms with Crippen LogP contribution in [0.25, 0.3) is 0 Å². The molecule has 0 spiro atoms. The van der Waals surface area contributed by atoms with Crippen LogP contribution in [0.5, 0.6) is 5.75 Å². The molecule has 0 bridgehead atoms. The van der Waals surface area contributed by atoms with Gasteiger partial charge in [0.25, 0.3) is 0 Å². The lowest BCUT2D eigenvalue weighted by molar-refractivity contribution is 0.322. The van der Waals surface area contributed by atoms with Gasteiger partial charge in [-0.25, -0.2) is 4.99 Å². The predicted molar refractivity (Wildman–Crippen MR) is 124 cm³/mol. The van der Waals surface area contributed by atoms with E-state index in [-0.39, 0.29) is 24.0 Å². The van der Waals surface area contributed by atoms with E-state index in [2.05, 4.69) is 60.8 Å². The molecule has 0 aromatic heterocycles. The highest BCUT2D eigenvalue weighted by Crippen LogP contribution is 2.11. The van der Waals surface area contributed by atoms with Crippen molar-refractivity contribution in [2.45, 2.75) is 20.0 Å². The first-order chi connectivity index (χ1) is 12.7. The molecule has 0 aliphatic heterocycles. The third kappa shape index (κ3) is 9.10. The number of nitrogens with zero attached hydrogens (tertiary/aromatic N) is 2. The Morgan fingerprint density at radius 3 is 2.30 bits per heavy atom. The van der Waals surface area contributed by atoms with Crippen molar-refractivity contribution in [3.05, 3.63) is 65.7 Å². The fraction of sp³-hybridized carbons (Fsp3) is 0.381. The summed E-state index contributed by atoms with van der Waals surface area (Å²) in [5.41, 5.74) is 2.56. The summed E-state index contributed by atoms with van der Waals surface area (Å²) < 4.78 is 5.71. The SMILES string of the molecule is CCNC(=NCc1ccccc1CN(C)C)NCCOc1ccccc1.I. The van der Waals surface area contributed by atoms with Gasteiger partial charge in [0.15, 0.2) is 5.96 Å². The van der Waals surface area contributed by atoms with Crippen LogP contribution in [0.15, 0.2) is 59.6 Å². The van der Waals surface area contributed by atoms with Crippen molar-refractivity contribution < 1.29 is 4.74 Å². The highest BCUT2D eigenvalue weighted by atomic mass is 127. The van der Waals surface area contributed by atoms with E-state index in [9.17, 15) is 0 Å². The molecule has 27 heavy (non-hydrogen) atoms. The molecule has 0 radical (unpaired) electrons. The molecule has 0 unspecified atom stereocenters. The fourth-order valence-corrected chi connectivity index (χ4v) is 2.57. The van der Waals surface area contributed by atoms with E-state index in [0.717, 1.165) is 24.8 Å². The Hall–Kier alpha value is -1.80. The minimum atomic E-state index is 0. The molecular formula is C21H31IN4O. The third-order valence-corrected chi connectivity index (χ3v) is 3.76. The zero-order chi connectivity index (χ0) is 18.6. The number of halogens is 1. The van der Waals surface area contributed by atoms with E-state index >= 15 is 0 Å². The average molecular weight is 482 g/mol. The highest BCUT2D eigenvalue weighted by Gasteiger charge is 2.03. The minimum absolute atomic E-state index is 0. The Morgan fingerprint density at radius 1 is 0.963 bits per heavy atom. The Morgan fingerprint density at radius 2 is 1.63 bits per heavy atom. The van der Waals surface area contributed by atoms with Gasteiger partial charge in [-0.15, -0.1) is 24.0 Å². The lowest BCUT2D eigenvalue weighted by Crippen LogP contribution is -2.39. The molecule has 0 aliphatic carbocycles. The maximum Gasteiger partial charge on any atom is 0.191 e. The van der Waals surface area contributed by atoms with Crippen LogP contribution in [0.2, 0.25) is 0 Å². The van der Waals surface area contributed by atoms with E-state index in [1.54, 1.807) is 0 Å². The minimum Gasteiger partial charge on any atom is -0.492 e. The quantitative estimate of drug-likeness (QED) is 0.249. The molecule has 0 aliphatic rings. The van der Waals surface area contributed by atoms with Gasteiger partial charge in [0.05, 0.1) is 13.1 Å². The molecule has 0 amide bonds. The standard InChI is InChI=1S/C21H30N4O.HI/c1-4-22-21(23-14-15-26-20-12-6-5-7-13-20)24-16-18-10-8-9-11-19(18)17-25(2)3;/h5-13H,4,14-17H2,1-3H3,(H2,22,23,24);1H. The largest absolute Gasteiger partial charge is 0.492 e. The number of hydrogen-bond donors (Lipinski definition) is 2. The van der Waals surface area contributed by atoms with E-state index in [4.69, 9.17) is 9.73 Å². The number of ether oxygens (including phenoxy) is 1. The molecule has 0 atom stereocenters. The number of hydrogen-bond acceptors (Lipinski definition) is 3. The zero-order valence-electron chi connectivity index (χ0n) is 16.4. The van der Waals surface area contributed by atoms with Gasteiger partial charge < -0.3 is 20.3 Å². The lowest BCUT2D eigenvalue weighted by atomic mass is 10.1. The number of benzene rings is 2. The smallest absolute Gasteiger partial charge is 0.191 e. The average Bonchev–Trinajstić information content (AvgIpc) is 2.64. The lowest BCUT2D eigenvalue weighted by Gasteiger charge is -2.15. The van der Waals surface area contributed by atoms with Crippen LogP contribution in [0.4, 0.5) is 0 Å². The molecule has 5 nitrogen and oxygen atoms in total. The van der Waals surface area contributed by atoms with Gasteiger partial charge >= 0.3 is 0 Å². The summed E-state index contributed by atoms with van der Waals surface area (Å²) >= 11 is 0. The van der Waals surface area contributed by atoms with E-state index in [1.165, 1.54) is 11.1 Å². The van der Waals surface area contributed by atoms with Crippen LogP contribution < -0.4 is 15.4 Å². The van der Waals surface area contributed by atoms with Gasteiger partial charge in [-0.1, -0.05) is 42.5 Å². The van der Waals surface area contributed by atoms with Crippen molar-refractivity contribution in [2.75, 3.05) is 33.8 Å². The van der Waals surface area contributed by atoms with E-state index in [1.807, 2.05) is 30.3 Å². The van der Waals surface area contributed by atoms with Gasteiger partial charge in [0.2, 0.25) is 0 Å². The van der Waals surface area contributed by atoms with Gasteiger partial charge in [-0.3, -0.25) is 0 Å². The van der Waals surface area contributed by atoms with E-state index in [0.29, 0.717) is 19.7 Å². The molecule has 0 fully saturated rings. The molecule has 2 N–H and O–H groups in total. The van der Waals surface area contributed by atoms with Crippen LogP contribution in [0, 0.1) is 0 Å². The highest BCUT2D eigenvalue weighted by molar-refractivity contribution is 14.0. The van der Waals surface area contributed by atoms with Crippen LogP contribution in [0.3, 0.4) is 0 Å². The van der Waals surface area contributed by atoms with Crippen LogP contribution >= 0.6 is 24.0 Å². The Labute approximate surface area is 180 Å². The molecule has 2 rings (SSSR count). The van der Waals surface area contributed by atoms with Gasteiger partial charge in [-0.05, 0) is 44.3 Å². The maximum absolute atomic E-state index is 5.71. The third-order valence-electron chi connectivity index (χ3n) is 3.76. The summed E-state index contributed by atoms with van der Waals surface area (Å²) in [5, 5.41) is 6.61. The number of guanidine groups is 1. The summed E-state index contributed by atoms with van der Waals surface area (Å²) in [6, 6.07) is 18.3. The van der Waals surface area contributed by atoms with Gasteiger partial charge in [0, 0.05) is 13.1 Å². The van der Waals surface area contributed by atoms with Crippen molar-refractivity contribution in [3.8, 4) is 5.75 Å². The van der Waals surface area contributed by atoms with Crippen LogP contribution in [-0.4, -0.2) is 44.7 Å². The summed E-state index contributed by atoms with van der Waals surface area (Å²) in [6.45, 7) is 5.74. The van der Waals surface area contributed by atoms with Crippen molar-refractivity contribution >= 4 is 29.9 Å². The summed E-state index contributed by atoms with van der Waals surface area (Å²) in [4.78, 5) is 6.89. The molecular weight excluding hydrogens is 451 g/mol. The second kappa shape index (κ2) is 13.4. The summed E-state index contributed by atoms with van der Waals surface area (Å²) in [7, 11) is 4.16. The monoisotopic (exact) mass is 482 g/mol. The Bertz CT molecular complexity index is 677. The molecule has 148 valence electrons. The van der Waals surface area contributed by atoms with E-state index < -0.39 is 0 Å². The van der Waals surface area contributed by atoms with Crippen molar-refractivity contribution in [2.24, 2.45) is 4.99 Å². The molecule has 0 heterocycles. The molecule has 0 saturated heterocycles. The number of rotatable bonds is 9. The summed E-state index contributed by atoms with van der Waals surface area (Å²) in [5.74, 6) is 1.69. The first-order valence-corrected chi connectivity index (χ1v) is 9.10. The van der Waals surface area contributed by atoms with Gasteiger partial charge in [-0.2, -0.15) is 0 Å². The van der Waals surface area contributed by atoms with Crippen molar-refractivity contribution in [1.29, 1.82) is 0 Å². The second-order valence-electron chi connectivity index (χ2n) is 6.29.